The zero-order chi connectivity index (χ0) is 15.7. The van der Waals surface area contributed by atoms with Crippen molar-refractivity contribution in [2.24, 2.45) is 10.2 Å². The summed E-state index contributed by atoms with van der Waals surface area (Å²) in [6.45, 7) is 0. The van der Waals surface area contributed by atoms with Gasteiger partial charge in [-0.2, -0.15) is 5.10 Å². The summed E-state index contributed by atoms with van der Waals surface area (Å²) >= 11 is 5.39. The van der Waals surface area contributed by atoms with Gasteiger partial charge < -0.3 is 10.4 Å². The third-order valence-corrected chi connectivity index (χ3v) is 4.34. The molecule has 7 heteroatoms. The van der Waals surface area contributed by atoms with E-state index in [0.29, 0.717) is 9.13 Å². The summed E-state index contributed by atoms with van der Waals surface area (Å²) in [6.07, 6.45) is 1.42. The molecule has 0 aliphatic carbocycles. The number of halogens is 2. The van der Waals surface area contributed by atoms with Crippen molar-refractivity contribution in [1.29, 1.82) is 0 Å². The van der Waals surface area contributed by atoms with Crippen LogP contribution >= 0.6 is 38.5 Å². The summed E-state index contributed by atoms with van der Waals surface area (Å²) in [6, 6.07) is 10.8. The van der Waals surface area contributed by atoms with Gasteiger partial charge >= 0.3 is 0 Å². The minimum absolute atomic E-state index is 0.129. The normalized spacial score (nSPS) is 15.4. The van der Waals surface area contributed by atoms with E-state index in [2.05, 4.69) is 31.4 Å². The average molecular weight is 470 g/mol. The molecule has 0 spiro atoms. The molecule has 1 aliphatic heterocycles. The van der Waals surface area contributed by atoms with Crippen LogP contribution in [0.4, 0.5) is 5.69 Å². The minimum atomic E-state index is -0.286. The Balaban J connectivity index is 1.93. The topological polar surface area (TPSA) is 74.0 Å². The number of carbonyl (C=O) groups excluding carboxylic acids is 1. The van der Waals surface area contributed by atoms with Crippen LogP contribution in [0.15, 0.2) is 51.1 Å². The largest absolute Gasteiger partial charge is 0.506 e. The molecule has 2 aromatic carbocycles. The Morgan fingerprint density at radius 2 is 2.05 bits per heavy atom. The Kier molecular flexibility index (Phi) is 4.25. The van der Waals surface area contributed by atoms with E-state index in [1.165, 1.54) is 6.21 Å². The van der Waals surface area contributed by atoms with Crippen LogP contribution in [0.2, 0.25) is 0 Å². The Morgan fingerprint density at radius 3 is 2.86 bits per heavy atom. The number of aromatic hydroxyl groups is 1. The zero-order valence-corrected chi connectivity index (χ0v) is 14.8. The highest BCUT2D eigenvalue weighted by Crippen LogP contribution is 2.27. The van der Waals surface area contributed by atoms with Crippen LogP contribution < -0.4 is 5.32 Å². The highest BCUT2D eigenvalue weighted by Gasteiger charge is 2.25. The van der Waals surface area contributed by atoms with Crippen LogP contribution in [0.25, 0.3) is 0 Å². The molecule has 0 saturated heterocycles. The first-order valence-electron chi connectivity index (χ1n) is 6.26. The molecule has 2 N–H and O–H groups in total. The molecule has 0 atom stereocenters. The highest BCUT2D eigenvalue weighted by molar-refractivity contribution is 14.1. The number of anilines is 1. The van der Waals surface area contributed by atoms with E-state index in [-0.39, 0.29) is 17.4 Å². The third kappa shape index (κ3) is 2.91. The molecule has 0 radical (unpaired) electrons. The fourth-order valence-electron chi connectivity index (χ4n) is 2.03. The fraction of sp³-hybridized carbons (Fsp3) is 0. The number of amides is 1. The first-order valence-corrected chi connectivity index (χ1v) is 8.13. The van der Waals surface area contributed by atoms with Crippen LogP contribution in [-0.2, 0) is 4.79 Å². The van der Waals surface area contributed by atoms with E-state index in [1.807, 2.05) is 40.8 Å². The number of fused-ring (bicyclic) bond motifs is 1. The third-order valence-electron chi connectivity index (χ3n) is 3.06. The number of hydrogen-bond acceptors (Lipinski definition) is 4. The lowest BCUT2D eigenvalue weighted by atomic mass is 10.1. The number of phenols is 1. The van der Waals surface area contributed by atoms with E-state index in [0.717, 1.165) is 15.7 Å². The molecule has 110 valence electrons. The van der Waals surface area contributed by atoms with Gasteiger partial charge in [0.1, 0.15) is 5.75 Å². The number of hydrogen-bond donors (Lipinski definition) is 2. The van der Waals surface area contributed by atoms with Gasteiger partial charge in [-0.3, -0.25) is 4.79 Å². The smallest absolute Gasteiger partial charge is 0.276 e. The molecule has 2 aromatic rings. The van der Waals surface area contributed by atoms with Gasteiger partial charge in [-0.05, 0) is 40.8 Å². The predicted molar refractivity (Wildman–Crippen MR) is 97.7 cm³/mol. The highest BCUT2D eigenvalue weighted by atomic mass is 127. The molecule has 1 aliphatic rings. The summed E-state index contributed by atoms with van der Waals surface area (Å²) < 4.78 is 1.53. The maximum atomic E-state index is 11.9. The summed E-state index contributed by atoms with van der Waals surface area (Å²) in [5, 5.41) is 20.6. The van der Waals surface area contributed by atoms with Gasteiger partial charge in [-0.15, -0.1) is 5.10 Å². The van der Waals surface area contributed by atoms with E-state index in [9.17, 15) is 9.90 Å². The van der Waals surface area contributed by atoms with Crippen LogP contribution in [0.5, 0.6) is 5.75 Å². The summed E-state index contributed by atoms with van der Waals surface area (Å²) in [5.41, 5.74) is 2.23. The van der Waals surface area contributed by atoms with E-state index in [4.69, 9.17) is 0 Å². The van der Waals surface area contributed by atoms with Gasteiger partial charge in [-0.25, -0.2) is 0 Å². The van der Waals surface area contributed by atoms with E-state index >= 15 is 0 Å². The SMILES string of the molecule is O=C1Nc2ccccc2/C1=N\N=C/c1cc(Br)cc(I)c1O. The van der Waals surface area contributed by atoms with Gasteiger partial charge in [0.15, 0.2) is 5.71 Å². The molecule has 1 heterocycles. The lowest BCUT2D eigenvalue weighted by Crippen LogP contribution is -2.13. The predicted octanol–water partition coefficient (Wildman–Crippen LogP) is 3.53. The number of benzene rings is 2. The number of rotatable bonds is 2. The molecular weight excluding hydrogens is 461 g/mol. The maximum Gasteiger partial charge on any atom is 0.276 e. The lowest BCUT2D eigenvalue weighted by molar-refractivity contribution is -0.110. The van der Waals surface area contributed by atoms with Crippen LogP contribution in [0.1, 0.15) is 11.1 Å². The van der Waals surface area contributed by atoms with Gasteiger partial charge in [0, 0.05) is 15.6 Å². The van der Waals surface area contributed by atoms with Crippen molar-refractivity contribution in [3.8, 4) is 5.75 Å². The Bertz CT molecular complexity index is 834. The number of para-hydroxylation sites is 1. The average Bonchev–Trinajstić information content (AvgIpc) is 2.80. The number of carbonyl (C=O) groups is 1. The van der Waals surface area contributed by atoms with E-state index in [1.54, 1.807) is 18.2 Å². The molecule has 0 fully saturated rings. The van der Waals surface area contributed by atoms with Crippen molar-refractivity contribution in [1.82, 2.24) is 0 Å². The van der Waals surface area contributed by atoms with Crippen molar-refractivity contribution in [3.05, 3.63) is 55.6 Å². The molecule has 22 heavy (non-hydrogen) atoms. The molecular formula is C15H9BrIN3O2. The van der Waals surface area contributed by atoms with Crippen molar-refractivity contribution >= 4 is 62.0 Å². The van der Waals surface area contributed by atoms with Gasteiger partial charge in [-0.1, -0.05) is 34.1 Å². The van der Waals surface area contributed by atoms with Crippen LogP contribution in [-0.4, -0.2) is 22.9 Å². The molecule has 0 bridgehead atoms. The summed E-state index contributed by atoms with van der Waals surface area (Å²) in [7, 11) is 0. The first-order chi connectivity index (χ1) is 10.6. The number of nitrogens with one attached hydrogen (secondary N) is 1. The second-order valence-electron chi connectivity index (χ2n) is 4.52. The number of nitrogens with zero attached hydrogens (tertiary/aromatic N) is 2. The maximum absolute atomic E-state index is 11.9. The standard InChI is InChI=1S/C15H9BrIN3O2/c16-9-5-8(14(21)11(17)6-9)7-18-20-13-10-3-1-2-4-12(10)19-15(13)22/h1-7,21H,(H,19,20,22)/b18-7-. The van der Waals surface area contributed by atoms with Crippen molar-refractivity contribution in [2.45, 2.75) is 0 Å². The molecule has 3 rings (SSSR count). The Morgan fingerprint density at radius 1 is 1.27 bits per heavy atom. The monoisotopic (exact) mass is 469 g/mol. The van der Waals surface area contributed by atoms with E-state index < -0.39 is 0 Å². The van der Waals surface area contributed by atoms with Gasteiger partial charge in [0.25, 0.3) is 5.91 Å². The Labute approximate surface area is 148 Å². The van der Waals surface area contributed by atoms with Crippen molar-refractivity contribution < 1.29 is 9.90 Å². The summed E-state index contributed by atoms with van der Waals surface area (Å²) in [4.78, 5) is 11.9. The van der Waals surface area contributed by atoms with Gasteiger partial charge in [0.05, 0.1) is 15.5 Å². The van der Waals surface area contributed by atoms with Crippen molar-refractivity contribution in [3.63, 3.8) is 0 Å². The summed E-state index contributed by atoms with van der Waals surface area (Å²) in [5.74, 6) is -0.157. The number of phenolic OH excluding ortho intramolecular Hbond substituents is 1. The lowest BCUT2D eigenvalue weighted by Gasteiger charge is -2.01. The molecule has 5 nitrogen and oxygen atoms in total. The molecule has 0 saturated carbocycles. The Hall–Kier alpha value is -1.74. The second kappa shape index (κ2) is 6.17. The minimum Gasteiger partial charge on any atom is -0.506 e. The molecule has 1 amide bonds. The second-order valence-corrected chi connectivity index (χ2v) is 6.60. The quantitative estimate of drug-likeness (QED) is 0.401. The first kappa shape index (κ1) is 15.2. The molecule has 0 aromatic heterocycles. The van der Waals surface area contributed by atoms with Crippen LogP contribution in [0, 0.1) is 3.57 Å². The fourth-order valence-corrected chi connectivity index (χ4v) is 3.59. The van der Waals surface area contributed by atoms with Crippen LogP contribution in [0.3, 0.4) is 0 Å². The molecule has 0 unspecified atom stereocenters. The van der Waals surface area contributed by atoms with Crippen molar-refractivity contribution in [2.75, 3.05) is 5.32 Å². The van der Waals surface area contributed by atoms with Gasteiger partial charge in [0.2, 0.25) is 0 Å². The zero-order valence-electron chi connectivity index (χ0n) is 11.0.